The largest absolute Gasteiger partial charge is 0.481 e. The fourth-order valence-electron chi connectivity index (χ4n) is 1.65. The lowest BCUT2D eigenvalue weighted by Crippen LogP contribution is -2.39. The van der Waals surface area contributed by atoms with Crippen molar-refractivity contribution in [2.45, 2.75) is 26.3 Å². The number of hydrogen-bond acceptors (Lipinski definition) is 4. The third-order valence-electron chi connectivity index (χ3n) is 2.52. The van der Waals surface area contributed by atoms with Crippen LogP contribution in [0.3, 0.4) is 0 Å². The topological polar surface area (TPSA) is 113 Å². The summed E-state index contributed by atoms with van der Waals surface area (Å²) in [7, 11) is 1.76. The number of aryl methyl sites for hydroxylation is 1. The van der Waals surface area contributed by atoms with Gasteiger partial charge in [0.05, 0.1) is 6.20 Å². The van der Waals surface area contributed by atoms with Gasteiger partial charge in [-0.2, -0.15) is 5.10 Å². The monoisotopic (exact) mass is 282 g/mol. The first kappa shape index (κ1) is 15.7. The van der Waals surface area contributed by atoms with Crippen molar-refractivity contribution >= 4 is 17.9 Å². The van der Waals surface area contributed by atoms with Crippen molar-refractivity contribution in [2.24, 2.45) is 13.0 Å². The van der Waals surface area contributed by atoms with Crippen LogP contribution >= 0.6 is 0 Å². The van der Waals surface area contributed by atoms with E-state index in [1.54, 1.807) is 31.0 Å². The van der Waals surface area contributed by atoms with Crippen LogP contribution in [0.4, 0.5) is 4.79 Å². The van der Waals surface area contributed by atoms with Crippen LogP contribution in [0.5, 0.6) is 0 Å². The van der Waals surface area contributed by atoms with E-state index < -0.39 is 17.9 Å². The second kappa shape index (κ2) is 7.27. The molecule has 0 aliphatic carbocycles. The maximum Gasteiger partial charge on any atom is 0.321 e. The summed E-state index contributed by atoms with van der Waals surface area (Å²) in [6, 6.07) is -0.610. The van der Waals surface area contributed by atoms with E-state index >= 15 is 0 Å². The Labute approximate surface area is 116 Å². The predicted octanol–water partition coefficient (Wildman–Crippen LogP) is 0.247. The number of carboxylic acids is 1. The average molecular weight is 282 g/mol. The molecule has 1 aromatic rings. The minimum absolute atomic E-state index is 0.00733. The van der Waals surface area contributed by atoms with Gasteiger partial charge in [0.1, 0.15) is 0 Å². The Balaban J connectivity index is 2.27. The van der Waals surface area contributed by atoms with Crippen LogP contribution in [0, 0.1) is 5.92 Å². The molecule has 0 spiro atoms. The van der Waals surface area contributed by atoms with E-state index in [0.29, 0.717) is 0 Å². The summed E-state index contributed by atoms with van der Waals surface area (Å²) in [6.07, 6.45) is 3.24. The lowest BCUT2D eigenvalue weighted by molar-refractivity contribution is -0.138. The fourth-order valence-corrected chi connectivity index (χ4v) is 1.65. The van der Waals surface area contributed by atoms with Gasteiger partial charge in [0.15, 0.2) is 0 Å². The molecule has 0 bridgehead atoms. The van der Waals surface area contributed by atoms with Crippen molar-refractivity contribution in [3.63, 3.8) is 0 Å². The average Bonchev–Trinajstić information content (AvgIpc) is 2.71. The quantitative estimate of drug-likeness (QED) is 0.692. The number of imide groups is 1. The van der Waals surface area contributed by atoms with E-state index in [9.17, 15) is 14.4 Å². The number of aromatic nitrogens is 2. The number of nitrogens with one attached hydrogen (secondary N) is 2. The summed E-state index contributed by atoms with van der Waals surface area (Å²) in [6.45, 7) is 1.90. The van der Waals surface area contributed by atoms with Gasteiger partial charge >= 0.3 is 12.0 Å². The minimum atomic E-state index is -0.966. The molecule has 0 aliphatic heterocycles. The molecule has 1 aromatic heterocycles. The molecule has 0 saturated carbocycles. The SMILES string of the molecule is CC(CC(=O)O)CC(=O)NC(=O)NCc1cnn(C)c1. The number of amides is 3. The molecule has 0 saturated heterocycles. The number of aliphatic carboxylic acids is 1. The first-order chi connectivity index (χ1) is 9.36. The molecule has 0 aromatic carbocycles. The molecule has 8 nitrogen and oxygen atoms in total. The number of nitrogens with zero attached hydrogens (tertiary/aromatic N) is 2. The molecule has 1 rings (SSSR count). The second-order valence-corrected chi connectivity index (χ2v) is 4.66. The Hall–Kier alpha value is -2.38. The molecule has 1 heterocycles. The summed E-state index contributed by atoms with van der Waals surface area (Å²) in [5.41, 5.74) is 0.814. The standard InChI is InChI=1S/C12H18N4O4/c1-8(4-11(18)19)3-10(17)15-12(20)13-5-9-6-14-16(2)7-9/h6-8H,3-5H2,1-2H3,(H,18,19)(H2,13,15,17,20). The lowest BCUT2D eigenvalue weighted by atomic mass is 10.0. The number of carboxylic acid groups (broad SMARTS) is 1. The van der Waals surface area contributed by atoms with Gasteiger partial charge in [-0.3, -0.25) is 19.6 Å². The summed E-state index contributed by atoms with van der Waals surface area (Å²) in [4.78, 5) is 33.4. The van der Waals surface area contributed by atoms with Crippen molar-refractivity contribution in [1.82, 2.24) is 20.4 Å². The van der Waals surface area contributed by atoms with Crippen molar-refractivity contribution < 1.29 is 19.5 Å². The van der Waals surface area contributed by atoms with E-state index in [4.69, 9.17) is 5.11 Å². The third-order valence-corrected chi connectivity index (χ3v) is 2.52. The van der Waals surface area contributed by atoms with Crippen LogP contribution in [0.25, 0.3) is 0 Å². The molecular weight excluding hydrogens is 264 g/mol. The van der Waals surface area contributed by atoms with Gasteiger partial charge in [-0.25, -0.2) is 4.79 Å². The Bertz CT molecular complexity index is 497. The first-order valence-corrected chi connectivity index (χ1v) is 6.14. The number of urea groups is 1. The van der Waals surface area contributed by atoms with Gasteiger partial charge in [0, 0.05) is 38.2 Å². The van der Waals surface area contributed by atoms with E-state index in [-0.39, 0.29) is 25.3 Å². The molecule has 0 radical (unpaired) electrons. The molecule has 8 heteroatoms. The summed E-state index contributed by atoms with van der Waals surface area (Å²) in [5.74, 6) is -1.78. The molecule has 110 valence electrons. The van der Waals surface area contributed by atoms with Gasteiger partial charge < -0.3 is 10.4 Å². The van der Waals surface area contributed by atoms with E-state index in [2.05, 4.69) is 15.7 Å². The predicted molar refractivity (Wildman–Crippen MR) is 69.6 cm³/mol. The zero-order valence-corrected chi connectivity index (χ0v) is 11.4. The van der Waals surface area contributed by atoms with Crippen LogP contribution in [0.2, 0.25) is 0 Å². The molecule has 0 fully saturated rings. The van der Waals surface area contributed by atoms with Crippen molar-refractivity contribution in [1.29, 1.82) is 0 Å². The highest BCUT2D eigenvalue weighted by Gasteiger charge is 2.14. The Kier molecular flexibility index (Phi) is 5.70. The van der Waals surface area contributed by atoms with Gasteiger partial charge in [-0.05, 0) is 5.92 Å². The first-order valence-electron chi connectivity index (χ1n) is 6.14. The third kappa shape index (κ3) is 5.98. The van der Waals surface area contributed by atoms with Crippen LogP contribution < -0.4 is 10.6 Å². The maximum atomic E-state index is 11.5. The second-order valence-electron chi connectivity index (χ2n) is 4.66. The molecule has 20 heavy (non-hydrogen) atoms. The Morgan fingerprint density at radius 2 is 2.10 bits per heavy atom. The van der Waals surface area contributed by atoms with Crippen molar-refractivity contribution in [3.8, 4) is 0 Å². The minimum Gasteiger partial charge on any atom is -0.481 e. The molecule has 3 N–H and O–H groups in total. The molecule has 1 atom stereocenters. The van der Waals surface area contributed by atoms with E-state index in [1.807, 2.05) is 0 Å². The number of carbonyl (C=O) groups excluding carboxylic acids is 2. The highest BCUT2D eigenvalue weighted by atomic mass is 16.4. The highest BCUT2D eigenvalue weighted by molar-refractivity contribution is 5.94. The summed E-state index contributed by atoms with van der Waals surface area (Å²) >= 11 is 0. The summed E-state index contributed by atoms with van der Waals surface area (Å²) < 4.78 is 1.60. The van der Waals surface area contributed by atoms with Crippen LogP contribution in [-0.4, -0.2) is 32.8 Å². The number of rotatable bonds is 6. The van der Waals surface area contributed by atoms with Gasteiger partial charge in [0.2, 0.25) is 5.91 Å². The summed E-state index contributed by atoms with van der Waals surface area (Å²) in [5, 5.41) is 17.2. The normalized spacial score (nSPS) is 11.7. The zero-order chi connectivity index (χ0) is 15.1. The van der Waals surface area contributed by atoms with E-state index in [0.717, 1.165) is 5.56 Å². The van der Waals surface area contributed by atoms with Gasteiger partial charge in [-0.1, -0.05) is 6.92 Å². The number of hydrogen-bond donors (Lipinski definition) is 3. The van der Waals surface area contributed by atoms with Crippen LogP contribution in [-0.2, 0) is 23.2 Å². The lowest BCUT2D eigenvalue weighted by Gasteiger charge is -2.09. The maximum absolute atomic E-state index is 11.5. The highest BCUT2D eigenvalue weighted by Crippen LogP contribution is 2.06. The van der Waals surface area contributed by atoms with Crippen molar-refractivity contribution in [3.05, 3.63) is 18.0 Å². The Morgan fingerprint density at radius 3 is 2.65 bits per heavy atom. The molecular formula is C12H18N4O4. The van der Waals surface area contributed by atoms with Gasteiger partial charge in [0.25, 0.3) is 0 Å². The number of carbonyl (C=O) groups is 3. The Morgan fingerprint density at radius 1 is 1.40 bits per heavy atom. The van der Waals surface area contributed by atoms with E-state index in [1.165, 1.54) is 0 Å². The smallest absolute Gasteiger partial charge is 0.321 e. The molecule has 1 unspecified atom stereocenters. The van der Waals surface area contributed by atoms with Crippen molar-refractivity contribution in [2.75, 3.05) is 0 Å². The zero-order valence-electron chi connectivity index (χ0n) is 11.4. The van der Waals surface area contributed by atoms with Gasteiger partial charge in [-0.15, -0.1) is 0 Å². The van der Waals surface area contributed by atoms with Crippen LogP contribution in [0.1, 0.15) is 25.3 Å². The fraction of sp³-hybridized carbons (Fsp3) is 0.500. The molecule has 3 amide bonds. The van der Waals surface area contributed by atoms with Crippen LogP contribution in [0.15, 0.2) is 12.4 Å². The molecule has 0 aliphatic rings.